The van der Waals surface area contributed by atoms with E-state index < -0.39 is 10.0 Å². The van der Waals surface area contributed by atoms with E-state index in [-0.39, 0.29) is 0 Å². The monoisotopic (exact) mass is 374 g/mol. The number of hydrogen-bond donors (Lipinski definition) is 0. The number of halogens is 1. The van der Waals surface area contributed by atoms with Gasteiger partial charge in [0, 0.05) is 24.6 Å². The summed E-state index contributed by atoms with van der Waals surface area (Å²) >= 11 is 3.41. The van der Waals surface area contributed by atoms with Gasteiger partial charge >= 0.3 is 0 Å². The Labute approximate surface area is 136 Å². The fourth-order valence-electron chi connectivity index (χ4n) is 2.87. The summed E-state index contributed by atoms with van der Waals surface area (Å²) in [4.78, 5) is 2.77. The van der Waals surface area contributed by atoms with Crippen LogP contribution in [0.15, 0.2) is 21.5 Å². The van der Waals surface area contributed by atoms with Crippen molar-refractivity contribution < 1.29 is 8.42 Å². The molecule has 118 valence electrons. The Morgan fingerprint density at radius 2 is 1.71 bits per heavy atom. The van der Waals surface area contributed by atoms with Crippen LogP contribution >= 0.6 is 15.9 Å². The lowest BCUT2D eigenvalue weighted by atomic mass is 10.2. The molecule has 0 amide bonds. The lowest BCUT2D eigenvalue weighted by Crippen LogP contribution is -2.35. The first-order chi connectivity index (χ1) is 9.82. The normalized spacial score (nSPS) is 16.8. The quantitative estimate of drug-likeness (QED) is 0.795. The Kier molecular flexibility index (Phi) is 5.46. The largest absolute Gasteiger partial charge is 0.302 e. The van der Waals surface area contributed by atoms with Gasteiger partial charge in [0.05, 0.1) is 4.90 Å². The van der Waals surface area contributed by atoms with Gasteiger partial charge in [-0.2, -0.15) is 4.31 Å². The van der Waals surface area contributed by atoms with Crippen molar-refractivity contribution in [3.8, 4) is 0 Å². The molecule has 1 aliphatic rings. The van der Waals surface area contributed by atoms with Crippen molar-refractivity contribution >= 4 is 26.0 Å². The van der Waals surface area contributed by atoms with Gasteiger partial charge in [0.15, 0.2) is 0 Å². The first kappa shape index (κ1) is 16.9. The van der Waals surface area contributed by atoms with Gasteiger partial charge in [0.1, 0.15) is 0 Å². The van der Waals surface area contributed by atoms with Crippen molar-refractivity contribution in [3.63, 3.8) is 0 Å². The van der Waals surface area contributed by atoms with E-state index in [1.54, 1.807) is 7.05 Å². The van der Waals surface area contributed by atoms with E-state index in [1.165, 1.54) is 17.1 Å². The second kappa shape index (κ2) is 6.77. The molecule has 2 rings (SSSR count). The van der Waals surface area contributed by atoms with Gasteiger partial charge in [-0.3, -0.25) is 0 Å². The first-order valence-corrected chi connectivity index (χ1v) is 9.51. The number of rotatable bonds is 5. The van der Waals surface area contributed by atoms with Crippen LogP contribution < -0.4 is 0 Å². The summed E-state index contributed by atoms with van der Waals surface area (Å²) in [5, 5.41) is 0. The van der Waals surface area contributed by atoms with Gasteiger partial charge < -0.3 is 4.90 Å². The number of benzene rings is 1. The molecule has 1 heterocycles. The molecule has 0 atom stereocenters. The van der Waals surface area contributed by atoms with Crippen LogP contribution in [0.5, 0.6) is 0 Å². The zero-order valence-corrected chi connectivity index (χ0v) is 15.3. The fourth-order valence-corrected chi connectivity index (χ4v) is 5.12. The molecule has 4 nitrogen and oxygen atoms in total. The summed E-state index contributed by atoms with van der Waals surface area (Å²) in [7, 11) is -1.75. The predicted octanol–water partition coefficient (Wildman–Crippen LogP) is 2.78. The average molecular weight is 375 g/mol. The Balaban J connectivity index is 2.17. The zero-order chi connectivity index (χ0) is 15.6. The summed E-state index contributed by atoms with van der Waals surface area (Å²) < 4.78 is 28.0. The molecule has 1 aromatic rings. The minimum atomic E-state index is -3.42. The maximum absolute atomic E-state index is 12.8. The van der Waals surface area contributed by atoms with E-state index >= 15 is 0 Å². The molecule has 0 N–H and O–H groups in total. The standard InChI is InChI=1S/C15H23BrN2O2S/c1-12-10-14(16)11-13(2)15(12)21(19,20)17(3)8-9-18-6-4-5-7-18/h10-11H,4-9H2,1-3H3. The Bertz CT molecular complexity index is 587. The molecule has 1 saturated heterocycles. The highest BCUT2D eigenvalue weighted by atomic mass is 79.9. The number of aryl methyl sites for hydroxylation is 2. The lowest BCUT2D eigenvalue weighted by Gasteiger charge is -2.23. The summed E-state index contributed by atoms with van der Waals surface area (Å²) in [5.41, 5.74) is 1.57. The lowest BCUT2D eigenvalue weighted by molar-refractivity contribution is 0.310. The van der Waals surface area contributed by atoms with E-state index in [0.717, 1.165) is 35.2 Å². The number of likely N-dealkylation sites (N-methyl/N-ethyl adjacent to an activating group) is 1. The van der Waals surface area contributed by atoms with Gasteiger partial charge in [-0.1, -0.05) is 15.9 Å². The van der Waals surface area contributed by atoms with Gasteiger partial charge in [-0.05, 0) is 63.0 Å². The third kappa shape index (κ3) is 3.86. The minimum Gasteiger partial charge on any atom is -0.302 e. The third-order valence-electron chi connectivity index (χ3n) is 4.02. The topological polar surface area (TPSA) is 40.6 Å². The van der Waals surface area contributed by atoms with E-state index in [2.05, 4.69) is 20.8 Å². The number of sulfonamides is 1. The Morgan fingerprint density at radius 1 is 1.19 bits per heavy atom. The zero-order valence-electron chi connectivity index (χ0n) is 12.9. The maximum atomic E-state index is 12.8. The van der Waals surface area contributed by atoms with Crippen molar-refractivity contribution in [3.05, 3.63) is 27.7 Å². The van der Waals surface area contributed by atoms with Gasteiger partial charge in [-0.15, -0.1) is 0 Å². The molecule has 0 unspecified atom stereocenters. The van der Waals surface area contributed by atoms with Crippen LogP contribution in [0, 0.1) is 13.8 Å². The molecule has 0 spiro atoms. The molecule has 1 aromatic carbocycles. The van der Waals surface area contributed by atoms with Gasteiger partial charge in [0.25, 0.3) is 0 Å². The molecule has 0 radical (unpaired) electrons. The maximum Gasteiger partial charge on any atom is 0.243 e. The minimum absolute atomic E-state index is 0.439. The molecule has 6 heteroatoms. The molecular weight excluding hydrogens is 352 g/mol. The van der Waals surface area contributed by atoms with E-state index in [1.807, 2.05) is 26.0 Å². The SMILES string of the molecule is Cc1cc(Br)cc(C)c1S(=O)(=O)N(C)CCN1CCCC1. The van der Waals surface area contributed by atoms with Crippen molar-refractivity contribution in [1.29, 1.82) is 0 Å². The number of likely N-dealkylation sites (tertiary alicyclic amines) is 1. The van der Waals surface area contributed by atoms with Crippen LogP contribution in [-0.4, -0.2) is 50.8 Å². The van der Waals surface area contributed by atoms with Crippen LogP contribution in [-0.2, 0) is 10.0 Å². The van der Waals surface area contributed by atoms with E-state index in [0.29, 0.717) is 11.4 Å². The average Bonchev–Trinajstić information content (AvgIpc) is 2.87. The highest BCUT2D eigenvalue weighted by Gasteiger charge is 2.25. The fraction of sp³-hybridized carbons (Fsp3) is 0.600. The van der Waals surface area contributed by atoms with Crippen molar-refractivity contribution in [2.75, 3.05) is 33.2 Å². The summed E-state index contributed by atoms with van der Waals surface area (Å²) in [6.07, 6.45) is 2.45. The van der Waals surface area contributed by atoms with Crippen LogP contribution in [0.1, 0.15) is 24.0 Å². The second-order valence-electron chi connectivity index (χ2n) is 5.74. The van der Waals surface area contributed by atoms with Crippen LogP contribution in [0.2, 0.25) is 0 Å². The molecule has 0 aliphatic carbocycles. The molecule has 21 heavy (non-hydrogen) atoms. The number of nitrogens with zero attached hydrogens (tertiary/aromatic N) is 2. The summed E-state index contributed by atoms with van der Waals surface area (Å²) in [6.45, 7) is 7.22. The van der Waals surface area contributed by atoms with Crippen molar-refractivity contribution in [2.45, 2.75) is 31.6 Å². The molecule has 0 saturated carbocycles. The van der Waals surface area contributed by atoms with E-state index in [4.69, 9.17) is 0 Å². The third-order valence-corrected chi connectivity index (χ3v) is 6.64. The summed E-state index contributed by atoms with van der Waals surface area (Å²) in [6, 6.07) is 3.71. The Hall–Kier alpha value is -0.430. The van der Waals surface area contributed by atoms with Crippen LogP contribution in [0.3, 0.4) is 0 Å². The first-order valence-electron chi connectivity index (χ1n) is 7.28. The molecule has 1 fully saturated rings. The van der Waals surface area contributed by atoms with Gasteiger partial charge in [0.2, 0.25) is 10.0 Å². The van der Waals surface area contributed by atoms with Crippen molar-refractivity contribution in [1.82, 2.24) is 9.21 Å². The predicted molar refractivity (Wildman–Crippen MR) is 89.1 cm³/mol. The van der Waals surface area contributed by atoms with Crippen molar-refractivity contribution in [2.24, 2.45) is 0 Å². The highest BCUT2D eigenvalue weighted by molar-refractivity contribution is 9.10. The second-order valence-corrected chi connectivity index (χ2v) is 8.64. The molecule has 0 bridgehead atoms. The number of hydrogen-bond acceptors (Lipinski definition) is 3. The van der Waals surface area contributed by atoms with Crippen LogP contribution in [0.25, 0.3) is 0 Å². The molecular formula is C15H23BrN2O2S. The van der Waals surface area contributed by atoms with Crippen LogP contribution in [0.4, 0.5) is 0 Å². The van der Waals surface area contributed by atoms with Gasteiger partial charge in [-0.25, -0.2) is 8.42 Å². The van der Waals surface area contributed by atoms with E-state index in [9.17, 15) is 8.42 Å². The summed E-state index contributed by atoms with van der Waals surface area (Å²) in [5.74, 6) is 0. The Morgan fingerprint density at radius 3 is 2.24 bits per heavy atom. The highest BCUT2D eigenvalue weighted by Crippen LogP contribution is 2.26. The molecule has 0 aromatic heterocycles. The molecule has 1 aliphatic heterocycles. The smallest absolute Gasteiger partial charge is 0.243 e.